The second kappa shape index (κ2) is 6.24. The Morgan fingerprint density at radius 1 is 1.42 bits per heavy atom. The number of aromatic nitrogens is 2. The van der Waals surface area contributed by atoms with Crippen LogP contribution >= 0.6 is 11.8 Å². The fraction of sp³-hybridized carbons (Fsp3) is 0.467. The Morgan fingerprint density at radius 2 is 2.16 bits per heavy atom. The van der Waals surface area contributed by atoms with Crippen molar-refractivity contribution in [1.82, 2.24) is 9.55 Å². The molecule has 1 aromatic carbocycles. The van der Waals surface area contributed by atoms with Gasteiger partial charge in [0, 0.05) is 12.3 Å². The largest absolute Gasteiger partial charge is 0.331 e. The smallest absolute Gasteiger partial charge is 0.150 e. The fourth-order valence-electron chi connectivity index (χ4n) is 1.93. The first kappa shape index (κ1) is 14.1. The molecule has 0 saturated heterocycles. The average molecular weight is 276 g/mol. The lowest BCUT2D eigenvalue weighted by Crippen LogP contribution is -2.11. The van der Waals surface area contributed by atoms with Gasteiger partial charge in [-0.3, -0.25) is 4.79 Å². The molecule has 0 amide bonds. The van der Waals surface area contributed by atoms with Gasteiger partial charge >= 0.3 is 0 Å². The quantitative estimate of drug-likeness (QED) is 0.812. The summed E-state index contributed by atoms with van der Waals surface area (Å²) in [5.41, 5.74) is 2.04. The van der Waals surface area contributed by atoms with Crippen LogP contribution in [0.1, 0.15) is 26.1 Å². The van der Waals surface area contributed by atoms with Crippen LogP contribution in [-0.2, 0) is 18.3 Å². The second-order valence-corrected chi connectivity index (χ2v) is 6.25. The van der Waals surface area contributed by atoms with Gasteiger partial charge < -0.3 is 4.57 Å². The number of rotatable bonds is 6. The molecule has 1 aromatic heterocycles. The molecule has 2 rings (SSSR count). The highest BCUT2D eigenvalue weighted by Crippen LogP contribution is 2.17. The standard InChI is InChI=1S/C15H20N2OS/c1-4-11(2)19-10-12(18)9-15-16-13-7-5-6-8-14(13)17(15)3/h5-8,11H,4,9-10H2,1-3H3. The van der Waals surface area contributed by atoms with Gasteiger partial charge in [0.2, 0.25) is 0 Å². The van der Waals surface area contributed by atoms with E-state index in [0.29, 0.717) is 17.4 Å². The number of hydrogen-bond acceptors (Lipinski definition) is 3. The number of carbonyl (C=O) groups is 1. The van der Waals surface area contributed by atoms with E-state index < -0.39 is 0 Å². The highest BCUT2D eigenvalue weighted by molar-refractivity contribution is 8.00. The first-order valence-corrected chi connectivity index (χ1v) is 7.70. The molecule has 0 fully saturated rings. The third-order valence-electron chi connectivity index (χ3n) is 3.34. The molecule has 3 nitrogen and oxygen atoms in total. The molecule has 0 aliphatic heterocycles. The van der Waals surface area contributed by atoms with E-state index in [0.717, 1.165) is 23.3 Å². The molecule has 102 valence electrons. The number of fused-ring (bicyclic) bond motifs is 1. The molecular formula is C15H20N2OS. The highest BCUT2D eigenvalue weighted by Gasteiger charge is 2.12. The summed E-state index contributed by atoms with van der Waals surface area (Å²) in [5.74, 6) is 1.69. The van der Waals surface area contributed by atoms with Crippen LogP contribution in [-0.4, -0.2) is 26.3 Å². The van der Waals surface area contributed by atoms with Gasteiger partial charge in [-0.05, 0) is 18.6 Å². The van der Waals surface area contributed by atoms with E-state index in [-0.39, 0.29) is 5.78 Å². The van der Waals surface area contributed by atoms with Gasteiger partial charge in [-0.25, -0.2) is 4.98 Å². The molecule has 0 N–H and O–H groups in total. The molecule has 0 radical (unpaired) electrons. The van der Waals surface area contributed by atoms with E-state index in [4.69, 9.17) is 0 Å². The molecule has 0 aliphatic carbocycles. The summed E-state index contributed by atoms with van der Waals surface area (Å²) in [7, 11) is 1.97. The minimum absolute atomic E-state index is 0.253. The van der Waals surface area contributed by atoms with Crippen molar-refractivity contribution in [3.63, 3.8) is 0 Å². The van der Waals surface area contributed by atoms with Crippen molar-refractivity contribution in [2.75, 3.05) is 5.75 Å². The van der Waals surface area contributed by atoms with E-state index >= 15 is 0 Å². The lowest BCUT2D eigenvalue weighted by molar-refractivity contribution is -0.116. The molecule has 0 spiro atoms. The van der Waals surface area contributed by atoms with E-state index in [1.165, 1.54) is 0 Å². The summed E-state index contributed by atoms with van der Waals surface area (Å²) in [6, 6.07) is 7.98. The number of imidazole rings is 1. The van der Waals surface area contributed by atoms with Gasteiger partial charge in [-0.2, -0.15) is 11.8 Å². The zero-order valence-corrected chi connectivity index (χ0v) is 12.5. The first-order chi connectivity index (χ1) is 9.11. The Hall–Kier alpha value is -1.29. The summed E-state index contributed by atoms with van der Waals surface area (Å²) in [4.78, 5) is 16.5. The second-order valence-electron chi connectivity index (χ2n) is 4.82. The van der Waals surface area contributed by atoms with Crippen molar-refractivity contribution in [3.05, 3.63) is 30.1 Å². The lowest BCUT2D eigenvalue weighted by Gasteiger charge is -2.07. The third-order valence-corrected chi connectivity index (χ3v) is 4.73. The van der Waals surface area contributed by atoms with Crippen LogP contribution in [0, 0.1) is 0 Å². The normalized spacial score (nSPS) is 12.8. The summed E-state index contributed by atoms with van der Waals surface area (Å²) < 4.78 is 2.02. The molecule has 0 bridgehead atoms. The number of ketones is 1. The number of benzene rings is 1. The van der Waals surface area contributed by atoms with E-state index in [1.54, 1.807) is 11.8 Å². The maximum atomic E-state index is 12.0. The van der Waals surface area contributed by atoms with Gasteiger partial charge in [-0.1, -0.05) is 26.0 Å². The molecule has 1 heterocycles. The lowest BCUT2D eigenvalue weighted by atomic mass is 10.3. The first-order valence-electron chi connectivity index (χ1n) is 6.65. The molecular weight excluding hydrogens is 256 g/mol. The van der Waals surface area contributed by atoms with E-state index in [9.17, 15) is 4.79 Å². The zero-order valence-electron chi connectivity index (χ0n) is 11.7. The number of Topliss-reactive ketones (excluding diaryl/α,β-unsaturated/α-hetero) is 1. The Bertz CT molecular complexity index is 577. The van der Waals surface area contributed by atoms with Gasteiger partial charge in [-0.15, -0.1) is 0 Å². The van der Waals surface area contributed by atoms with Crippen LogP contribution in [0.25, 0.3) is 11.0 Å². The van der Waals surface area contributed by atoms with Crippen LogP contribution in [0.3, 0.4) is 0 Å². The molecule has 0 saturated carbocycles. The molecule has 1 atom stereocenters. The van der Waals surface area contributed by atoms with Crippen LogP contribution in [0.4, 0.5) is 0 Å². The van der Waals surface area contributed by atoms with Crippen molar-refractivity contribution < 1.29 is 4.79 Å². The van der Waals surface area contributed by atoms with Crippen molar-refractivity contribution >= 4 is 28.6 Å². The van der Waals surface area contributed by atoms with Gasteiger partial charge in [0.15, 0.2) is 0 Å². The molecule has 2 aromatic rings. The fourth-order valence-corrected chi connectivity index (χ4v) is 2.74. The van der Waals surface area contributed by atoms with Crippen molar-refractivity contribution in [2.45, 2.75) is 31.9 Å². The predicted molar refractivity (Wildman–Crippen MR) is 81.6 cm³/mol. The number of carbonyl (C=O) groups excluding carboxylic acids is 1. The van der Waals surface area contributed by atoms with Gasteiger partial charge in [0.1, 0.15) is 11.6 Å². The Labute approximate surface area is 118 Å². The van der Waals surface area contributed by atoms with Crippen LogP contribution in [0.15, 0.2) is 24.3 Å². The van der Waals surface area contributed by atoms with Gasteiger partial charge in [0.25, 0.3) is 0 Å². The number of hydrogen-bond donors (Lipinski definition) is 0. The topological polar surface area (TPSA) is 34.9 Å². The average Bonchev–Trinajstić information content (AvgIpc) is 2.73. The van der Waals surface area contributed by atoms with E-state index in [1.807, 2.05) is 35.9 Å². The summed E-state index contributed by atoms with van der Waals surface area (Å²) in [6.45, 7) is 4.31. The Morgan fingerprint density at radius 3 is 2.84 bits per heavy atom. The minimum atomic E-state index is 0.253. The maximum absolute atomic E-state index is 12.0. The van der Waals surface area contributed by atoms with Crippen molar-refractivity contribution in [3.8, 4) is 0 Å². The van der Waals surface area contributed by atoms with Crippen LogP contribution in [0.2, 0.25) is 0 Å². The van der Waals surface area contributed by atoms with Crippen molar-refractivity contribution in [1.29, 1.82) is 0 Å². The number of nitrogens with zero attached hydrogens (tertiary/aromatic N) is 2. The minimum Gasteiger partial charge on any atom is -0.331 e. The maximum Gasteiger partial charge on any atom is 0.150 e. The molecule has 19 heavy (non-hydrogen) atoms. The van der Waals surface area contributed by atoms with Crippen LogP contribution < -0.4 is 0 Å². The molecule has 4 heteroatoms. The highest BCUT2D eigenvalue weighted by atomic mass is 32.2. The van der Waals surface area contributed by atoms with Crippen molar-refractivity contribution in [2.24, 2.45) is 7.05 Å². The van der Waals surface area contributed by atoms with Gasteiger partial charge in [0.05, 0.1) is 23.2 Å². The van der Waals surface area contributed by atoms with E-state index in [2.05, 4.69) is 18.8 Å². The Balaban J connectivity index is 2.05. The van der Waals surface area contributed by atoms with Crippen LogP contribution in [0.5, 0.6) is 0 Å². The number of thioether (sulfide) groups is 1. The SMILES string of the molecule is CCC(C)SCC(=O)Cc1nc2ccccc2n1C. The molecule has 0 aliphatic rings. The number of para-hydroxylation sites is 2. The zero-order chi connectivity index (χ0) is 13.8. The third kappa shape index (κ3) is 3.38. The predicted octanol–water partition coefficient (Wildman–Crippen LogP) is 3.22. The summed E-state index contributed by atoms with van der Waals surface area (Å²) >= 11 is 1.73. The monoisotopic (exact) mass is 276 g/mol. The summed E-state index contributed by atoms with van der Waals surface area (Å²) in [6.07, 6.45) is 1.53. The number of aryl methyl sites for hydroxylation is 1. The Kier molecular flexibility index (Phi) is 4.64. The summed E-state index contributed by atoms with van der Waals surface area (Å²) in [5, 5.41) is 0.546. The molecule has 1 unspecified atom stereocenters.